The number of hydrogen-bond acceptors (Lipinski definition) is 3. The minimum atomic E-state index is -0.204. The molecule has 0 aliphatic heterocycles. The van der Waals surface area contributed by atoms with Gasteiger partial charge < -0.3 is 4.74 Å². The first-order valence-corrected chi connectivity index (χ1v) is 5.23. The van der Waals surface area contributed by atoms with Crippen LogP contribution in [0.25, 0.3) is 0 Å². The Morgan fingerprint density at radius 2 is 1.86 bits per heavy atom. The Labute approximate surface area is 85.8 Å². The Balaban J connectivity index is 3.44. The third-order valence-corrected chi connectivity index (χ3v) is 1.75. The smallest absolute Gasteiger partial charge is 0.306 e. The summed E-state index contributed by atoms with van der Waals surface area (Å²) in [5.41, 5.74) is 0. The molecule has 0 unspecified atom stereocenters. The quantitative estimate of drug-likeness (QED) is 0.592. The molecule has 0 radical (unpaired) electrons. The number of ketones is 1. The lowest BCUT2D eigenvalue weighted by molar-refractivity contribution is -0.145. The van der Waals surface area contributed by atoms with Gasteiger partial charge in [-0.25, -0.2) is 0 Å². The van der Waals surface area contributed by atoms with Gasteiger partial charge in [0.05, 0.1) is 6.61 Å². The lowest BCUT2D eigenvalue weighted by Crippen LogP contribution is -2.11. The van der Waals surface area contributed by atoms with Crippen molar-refractivity contribution < 1.29 is 14.3 Å². The minimum Gasteiger partial charge on any atom is -0.465 e. The Hall–Kier alpha value is -0.860. The Morgan fingerprint density at radius 3 is 2.36 bits per heavy atom. The van der Waals surface area contributed by atoms with E-state index < -0.39 is 0 Å². The summed E-state index contributed by atoms with van der Waals surface area (Å²) >= 11 is 0. The molecule has 0 amide bonds. The van der Waals surface area contributed by atoms with Gasteiger partial charge in [0.15, 0.2) is 0 Å². The number of rotatable bonds is 7. The molecule has 0 heterocycles. The van der Waals surface area contributed by atoms with Gasteiger partial charge in [-0.05, 0) is 12.3 Å². The van der Waals surface area contributed by atoms with Crippen molar-refractivity contribution >= 4 is 11.8 Å². The zero-order valence-electron chi connectivity index (χ0n) is 9.34. The molecule has 0 rings (SSSR count). The summed E-state index contributed by atoms with van der Waals surface area (Å²) in [4.78, 5) is 22.1. The zero-order valence-corrected chi connectivity index (χ0v) is 9.34. The molecule has 0 aromatic heterocycles. The normalized spacial score (nSPS) is 10.3. The molecule has 0 aliphatic rings. The van der Waals surface area contributed by atoms with Gasteiger partial charge in [0, 0.05) is 19.3 Å². The van der Waals surface area contributed by atoms with E-state index in [0.29, 0.717) is 25.2 Å². The van der Waals surface area contributed by atoms with Gasteiger partial charge >= 0.3 is 5.97 Å². The van der Waals surface area contributed by atoms with Crippen molar-refractivity contribution in [2.24, 2.45) is 5.92 Å². The van der Waals surface area contributed by atoms with Crippen LogP contribution in [0.5, 0.6) is 0 Å². The monoisotopic (exact) mass is 200 g/mol. The van der Waals surface area contributed by atoms with E-state index in [4.69, 9.17) is 4.74 Å². The van der Waals surface area contributed by atoms with E-state index in [0.717, 1.165) is 6.42 Å². The first-order valence-electron chi connectivity index (χ1n) is 5.23. The molecule has 14 heavy (non-hydrogen) atoms. The van der Waals surface area contributed by atoms with Crippen molar-refractivity contribution in [2.45, 2.75) is 46.5 Å². The van der Waals surface area contributed by atoms with E-state index in [-0.39, 0.29) is 18.4 Å². The molecule has 0 aromatic rings. The largest absolute Gasteiger partial charge is 0.465 e. The number of carbonyl (C=O) groups is 2. The molecule has 0 saturated heterocycles. The van der Waals surface area contributed by atoms with E-state index in [1.54, 1.807) is 0 Å². The number of Topliss-reactive ketones (excluding diaryl/α,β-unsaturated/α-hetero) is 1. The predicted octanol–water partition coefficient (Wildman–Crippen LogP) is 2.33. The summed E-state index contributed by atoms with van der Waals surface area (Å²) in [7, 11) is 0. The molecule has 0 N–H and O–H groups in total. The van der Waals surface area contributed by atoms with Crippen LogP contribution in [0.4, 0.5) is 0 Å². The van der Waals surface area contributed by atoms with Crippen LogP contribution in [0.3, 0.4) is 0 Å². The third-order valence-electron chi connectivity index (χ3n) is 1.75. The fraction of sp³-hybridized carbons (Fsp3) is 0.818. The summed E-state index contributed by atoms with van der Waals surface area (Å²) in [6.45, 7) is 6.13. The second kappa shape index (κ2) is 7.54. The highest BCUT2D eigenvalue weighted by atomic mass is 16.5. The second-order valence-corrected chi connectivity index (χ2v) is 3.86. The highest BCUT2D eigenvalue weighted by Crippen LogP contribution is 2.02. The van der Waals surface area contributed by atoms with Crippen molar-refractivity contribution in [3.05, 3.63) is 0 Å². The topological polar surface area (TPSA) is 43.4 Å². The summed E-state index contributed by atoms with van der Waals surface area (Å²) in [6.07, 6.45) is 2.24. The van der Waals surface area contributed by atoms with E-state index in [1.807, 2.05) is 20.8 Å². The van der Waals surface area contributed by atoms with Crippen LogP contribution in [0.1, 0.15) is 46.5 Å². The number of carbonyl (C=O) groups excluding carboxylic acids is 2. The summed E-state index contributed by atoms with van der Waals surface area (Å²) in [5, 5.41) is 0. The van der Waals surface area contributed by atoms with Crippen LogP contribution < -0.4 is 0 Å². The van der Waals surface area contributed by atoms with Gasteiger partial charge in [0.2, 0.25) is 0 Å². The van der Waals surface area contributed by atoms with Crippen LogP contribution in [0.2, 0.25) is 0 Å². The second-order valence-electron chi connectivity index (χ2n) is 3.86. The van der Waals surface area contributed by atoms with Crippen LogP contribution in [-0.2, 0) is 14.3 Å². The first kappa shape index (κ1) is 13.1. The standard InChI is InChI=1S/C11H20O3/c1-4-5-10(12)6-7-14-11(13)8-9(2)3/h9H,4-8H2,1-3H3. The lowest BCUT2D eigenvalue weighted by Gasteiger charge is -2.05. The van der Waals surface area contributed by atoms with Crippen LogP contribution in [-0.4, -0.2) is 18.4 Å². The minimum absolute atomic E-state index is 0.171. The van der Waals surface area contributed by atoms with Crippen molar-refractivity contribution in [3.8, 4) is 0 Å². The van der Waals surface area contributed by atoms with E-state index >= 15 is 0 Å². The number of hydrogen-bond donors (Lipinski definition) is 0. The van der Waals surface area contributed by atoms with Gasteiger partial charge in [-0.2, -0.15) is 0 Å². The number of esters is 1. The first-order chi connectivity index (χ1) is 6.56. The van der Waals surface area contributed by atoms with Crippen molar-refractivity contribution in [3.63, 3.8) is 0 Å². The maximum absolute atomic E-state index is 11.1. The third kappa shape index (κ3) is 7.77. The Kier molecular flexibility index (Phi) is 7.07. The Morgan fingerprint density at radius 1 is 1.21 bits per heavy atom. The molecule has 0 atom stereocenters. The van der Waals surface area contributed by atoms with Crippen molar-refractivity contribution in [1.82, 2.24) is 0 Å². The fourth-order valence-corrected chi connectivity index (χ4v) is 1.07. The summed E-state index contributed by atoms with van der Waals surface area (Å²) < 4.78 is 4.91. The van der Waals surface area contributed by atoms with Crippen molar-refractivity contribution in [2.75, 3.05) is 6.61 Å². The highest BCUT2D eigenvalue weighted by molar-refractivity contribution is 5.78. The van der Waals surface area contributed by atoms with Gasteiger partial charge in [0.1, 0.15) is 5.78 Å². The van der Waals surface area contributed by atoms with Crippen LogP contribution in [0.15, 0.2) is 0 Å². The predicted molar refractivity (Wildman–Crippen MR) is 54.9 cm³/mol. The molecular formula is C11H20O3. The SMILES string of the molecule is CCCC(=O)CCOC(=O)CC(C)C. The highest BCUT2D eigenvalue weighted by Gasteiger charge is 2.07. The van der Waals surface area contributed by atoms with Crippen LogP contribution >= 0.6 is 0 Å². The lowest BCUT2D eigenvalue weighted by atomic mass is 10.1. The molecule has 82 valence electrons. The molecule has 0 aromatic carbocycles. The molecule has 3 nitrogen and oxygen atoms in total. The summed E-state index contributed by atoms with van der Waals surface area (Å²) in [6, 6.07) is 0. The van der Waals surface area contributed by atoms with Gasteiger partial charge in [-0.3, -0.25) is 9.59 Å². The van der Waals surface area contributed by atoms with E-state index in [1.165, 1.54) is 0 Å². The molecular weight excluding hydrogens is 180 g/mol. The molecule has 0 saturated carbocycles. The molecule has 3 heteroatoms. The Bertz CT molecular complexity index is 185. The molecule has 0 bridgehead atoms. The van der Waals surface area contributed by atoms with E-state index in [2.05, 4.69) is 0 Å². The molecule has 0 aliphatic carbocycles. The van der Waals surface area contributed by atoms with E-state index in [9.17, 15) is 9.59 Å². The number of ether oxygens (including phenoxy) is 1. The molecule has 0 fully saturated rings. The maximum Gasteiger partial charge on any atom is 0.306 e. The maximum atomic E-state index is 11.1. The van der Waals surface area contributed by atoms with Crippen molar-refractivity contribution in [1.29, 1.82) is 0 Å². The van der Waals surface area contributed by atoms with Gasteiger partial charge in [-0.1, -0.05) is 20.8 Å². The van der Waals surface area contributed by atoms with Crippen LogP contribution in [0, 0.1) is 5.92 Å². The molecule has 0 spiro atoms. The van der Waals surface area contributed by atoms with Gasteiger partial charge in [-0.15, -0.1) is 0 Å². The fourth-order valence-electron chi connectivity index (χ4n) is 1.07. The zero-order chi connectivity index (χ0) is 11.0. The van der Waals surface area contributed by atoms with Gasteiger partial charge in [0.25, 0.3) is 0 Å². The average molecular weight is 200 g/mol. The summed E-state index contributed by atoms with van der Waals surface area (Å²) in [5.74, 6) is 0.281. The average Bonchev–Trinajstić information content (AvgIpc) is 2.02.